The van der Waals surface area contributed by atoms with Crippen LogP contribution in [0.1, 0.15) is 81.6 Å². The molecule has 0 unspecified atom stereocenters. The summed E-state index contributed by atoms with van der Waals surface area (Å²) in [6.45, 7) is 18.9. The molecule has 1 saturated heterocycles. The quantitative estimate of drug-likeness (QED) is 0.762. The standard InChI is InChI=1S/C20H38BNO3/c1-14-12-20(9,16(23)22-17(2,3)4)13-15(14)10-11-21-24-18(5,6)19(7,8)25-21/h14-15H,10-13H2,1-9H3,(H,22,23)/t14-,15-,20-/m0/s1. The van der Waals surface area contributed by atoms with Crippen LogP contribution in [0.5, 0.6) is 0 Å². The largest absolute Gasteiger partial charge is 0.457 e. The van der Waals surface area contributed by atoms with E-state index in [2.05, 4.69) is 46.9 Å². The van der Waals surface area contributed by atoms with Crippen LogP contribution in [0.2, 0.25) is 6.32 Å². The van der Waals surface area contributed by atoms with Crippen LogP contribution < -0.4 is 5.32 Å². The fourth-order valence-corrected chi connectivity index (χ4v) is 4.24. The van der Waals surface area contributed by atoms with Gasteiger partial charge in [-0.2, -0.15) is 0 Å². The van der Waals surface area contributed by atoms with Crippen LogP contribution in [0, 0.1) is 17.3 Å². The van der Waals surface area contributed by atoms with E-state index in [1.165, 1.54) is 0 Å². The molecule has 3 atom stereocenters. The summed E-state index contributed by atoms with van der Waals surface area (Å²) < 4.78 is 12.2. The van der Waals surface area contributed by atoms with Gasteiger partial charge in [0, 0.05) is 11.0 Å². The number of carbonyl (C=O) groups is 1. The molecule has 1 aliphatic carbocycles. The van der Waals surface area contributed by atoms with Crippen LogP contribution in [-0.4, -0.2) is 29.8 Å². The Hall–Kier alpha value is -0.545. The third kappa shape index (κ3) is 4.60. The summed E-state index contributed by atoms with van der Waals surface area (Å²) in [6, 6.07) is 0. The van der Waals surface area contributed by atoms with E-state index in [1.54, 1.807) is 0 Å². The zero-order valence-corrected chi connectivity index (χ0v) is 17.8. The van der Waals surface area contributed by atoms with E-state index < -0.39 is 0 Å². The number of rotatable bonds is 4. The molecular weight excluding hydrogens is 313 g/mol. The monoisotopic (exact) mass is 351 g/mol. The SMILES string of the molecule is C[C@H]1C[C@](C)(C(=O)NC(C)(C)C)C[C@@H]1CCB1OC(C)(C)C(C)(C)O1. The second kappa shape index (κ2) is 6.56. The maximum absolute atomic E-state index is 12.7. The van der Waals surface area contributed by atoms with Crippen molar-refractivity contribution < 1.29 is 14.1 Å². The summed E-state index contributed by atoms with van der Waals surface area (Å²) in [4.78, 5) is 12.7. The Kier molecular flexibility index (Phi) is 5.45. The number of nitrogens with one attached hydrogen (secondary N) is 1. The first kappa shape index (κ1) is 20.8. The van der Waals surface area contributed by atoms with Gasteiger partial charge >= 0.3 is 7.12 Å². The summed E-state index contributed by atoms with van der Waals surface area (Å²) in [5, 5.41) is 3.17. The highest BCUT2D eigenvalue weighted by Gasteiger charge is 2.51. The van der Waals surface area contributed by atoms with Crippen LogP contribution in [0.15, 0.2) is 0 Å². The van der Waals surface area contributed by atoms with Crippen LogP contribution in [0.25, 0.3) is 0 Å². The molecule has 5 heteroatoms. The predicted octanol–water partition coefficient (Wildman–Crippen LogP) is 4.44. The van der Waals surface area contributed by atoms with E-state index in [1.807, 2.05) is 20.8 Å². The number of hydrogen-bond donors (Lipinski definition) is 1. The third-order valence-corrected chi connectivity index (χ3v) is 6.40. The molecule has 1 saturated carbocycles. The van der Waals surface area contributed by atoms with Crippen molar-refractivity contribution >= 4 is 13.0 Å². The van der Waals surface area contributed by atoms with Gasteiger partial charge in [-0.05, 0) is 79.5 Å². The zero-order valence-electron chi connectivity index (χ0n) is 17.8. The minimum absolute atomic E-state index is 0.132. The molecule has 1 heterocycles. The first-order valence-electron chi connectivity index (χ1n) is 9.83. The summed E-state index contributed by atoms with van der Waals surface area (Å²) in [5.74, 6) is 1.30. The van der Waals surface area contributed by atoms with Gasteiger partial charge in [-0.3, -0.25) is 4.79 Å². The van der Waals surface area contributed by atoms with Gasteiger partial charge in [0.2, 0.25) is 5.91 Å². The molecule has 144 valence electrons. The summed E-state index contributed by atoms with van der Waals surface area (Å²) in [7, 11) is -0.132. The highest BCUT2D eigenvalue weighted by Crippen LogP contribution is 2.48. The molecule has 1 aliphatic heterocycles. The molecule has 0 aromatic carbocycles. The van der Waals surface area contributed by atoms with E-state index in [0.29, 0.717) is 11.8 Å². The Morgan fingerprint density at radius 3 is 2.08 bits per heavy atom. The molecule has 4 nitrogen and oxygen atoms in total. The lowest BCUT2D eigenvalue weighted by molar-refractivity contribution is -0.131. The second-order valence-electron chi connectivity index (χ2n) is 10.7. The molecular formula is C20H38BNO3. The first-order chi connectivity index (χ1) is 11.2. The average molecular weight is 351 g/mol. The van der Waals surface area contributed by atoms with Crippen molar-refractivity contribution in [2.75, 3.05) is 0 Å². The Labute approximate surface area is 154 Å². The maximum atomic E-state index is 12.7. The molecule has 1 amide bonds. The normalized spacial score (nSPS) is 34.4. The van der Waals surface area contributed by atoms with Crippen molar-refractivity contribution in [2.24, 2.45) is 17.3 Å². The minimum Gasteiger partial charge on any atom is -0.403 e. The van der Waals surface area contributed by atoms with Crippen LogP contribution in [0.3, 0.4) is 0 Å². The van der Waals surface area contributed by atoms with Gasteiger partial charge in [0.05, 0.1) is 11.2 Å². The maximum Gasteiger partial charge on any atom is 0.457 e. The average Bonchev–Trinajstić information content (AvgIpc) is 2.79. The fourth-order valence-electron chi connectivity index (χ4n) is 4.24. The summed E-state index contributed by atoms with van der Waals surface area (Å²) in [5.41, 5.74) is -0.961. The highest BCUT2D eigenvalue weighted by atomic mass is 16.7. The lowest BCUT2D eigenvalue weighted by Crippen LogP contribution is -2.47. The van der Waals surface area contributed by atoms with Crippen molar-refractivity contribution in [3.8, 4) is 0 Å². The third-order valence-electron chi connectivity index (χ3n) is 6.40. The van der Waals surface area contributed by atoms with Gasteiger partial charge in [-0.15, -0.1) is 0 Å². The molecule has 25 heavy (non-hydrogen) atoms. The molecule has 0 bridgehead atoms. The van der Waals surface area contributed by atoms with Gasteiger partial charge in [-0.25, -0.2) is 0 Å². The molecule has 2 rings (SSSR count). The van der Waals surface area contributed by atoms with Gasteiger partial charge in [0.1, 0.15) is 0 Å². The minimum atomic E-state index is -0.264. The topological polar surface area (TPSA) is 47.6 Å². The summed E-state index contributed by atoms with van der Waals surface area (Å²) in [6.07, 6.45) is 3.87. The molecule has 0 spiro atoms. The molecule has 2 fully saturated rings. The van der Waals surface area contributed by atoms with E-state index in [9.17, 15) is 4.79 Å². The second-order valence-corrected chi connectivity index (χ2v) is 10.7. The Morgan fingerprint density at radius 2 is 1.60 bits per heavy atom. The molecule has 1 N–H and O–H groups in total. The van der Waals surface area contributed by atoms with Gasteiger partial charge in [0.25, 0.3) is 0 Å². The number of hydrogen-bond acceptors (Lipinski definition) is 3. The van der Waals surface area contributed by atoms with E-state index in [0.717, 1.165) is 25.6 Å². The fraction of sp³-hybridized carbons (Fsp3) is 0.950. The lowest BCUT2D eigenvalue weighted by atomic mass is 9.77. The Bertz CT molecular complexity index is 496. The Morgan fingerprint density at radius 1 is 1.08 bits per heavy atom. The molecule has 2 aliphatic rings. The zero-order chi connectivity index (χ0) is 19.3. The van der Waals surface area contributed by atoms with Crippen LogP contribution in [0.4, 0.5) is 0 Å². The van der Waals surface area contributed by atoms with Crippen molar-refractivity contribution in [1.29, 1.82) is 0 Å². The van der Waals surface area contributed by atoms with Crippen LogP contribution in [-0.2, 0) is 14.1 Å². The Balaban J connectivity index is 1.91. The van der Waals surface area contributed by atoms with Crippen molar-refractivity contribution in [2.45, 2.75) is 105 Å². The predicted molar refractivity (Wildman–Crippen MR) is 103 cm³/mol. The molecule has 0 radical (unpaired) electrons. The smallest absolute Gasteiger partial charge is 0.403 e. The highest BCUT2D eigenvalue weighted by molar-refractivity contribution is 6.45. The molecule has 0 aromatic rings. The van der Waals surface area contributed by atoms with E-state index in [-0.39, 0.29) is 35.2 Å². The van der Waals surface area contributed by atoms with Crippen LogP contribution >= 0.6 is 0 Å². The van der Waals surface area contributed by atoms with Gasteiger partial charge < -0.3 is 14.6 Å². The number of carbonyl (C=O) groups excluding carboxylic acids is 1. The van der Waals surface area contributed by atoms with Crippen molar-refractivity contribution in [3.63, 3.8) is 0 Å². The summed E-state index contributed by atoms with van der Waals surface area (Å²) >= 11 is 0. The van der Waals surface area contributed by atoms with Crippen molar-refractivity contribution in [1.82, 2.24) is 5.32 Å². The molecule has 0 aromatic heterocycles. The van der Waals surface area contributed by atoms with E-state index in [4.69, 9.17) is 9.31 Å². The first-order valence-corrected chi connectivity index (χ1v) is 9.83. The lowest BCUT2D eigenvalue weighted by Gasteiger charge is -2.32. The van der Waals surface area contributed by atoms with E-state index >= 15 is 0 Å². The van der Waals surface area contributed by atoms with Crippen molar-refractivity contribution in [3.05, 3.63) is 0 Å². The van der Waals surface area contributed by atoms with Gasteiger partial charge in [0.15, 0.2) is 0 Å². The number of amides is 1. The van der Waals surface area contributed by atoms with Gasteiger partial charge in [-0.1, -0.05) is 20.3 Å².